The topological polar surface area (TPSA) is 27.0 Å². The number of rotatable bonds is 3. The van der Waals surface area contributed by atoms with Gasteiger partial charge in [0, 0.05) is 18.1 Å². The van der Waals surface area contributed by atoms with Gasteiger partial charge in [-0.15, -0.1) is 0 Å². The summed E-state index contributed by atoms with van der Waals surface area (Å²) in [5.74, 6) is -0.270. The van der Waals surface area contributed by atoms with Gasteiger partial charge >= 0.3 is 0 Å². The fraction of sp³-hybridized carbons (Fsp3) is 0.300. The van der Waals surface area contributed by atoms with Gasteiger partial charge in [0.15, 0.2) is 0 Å². The van der Waals surface area contributed by atoms with E-state index in [1.165, 1.54) is 6.07 Å². The van der Waals surface area contributed by atoms with Crippen molar-refractivity contribution in [2.24, 2.45) is 0 Å². The Kier molecular flexibility index (Phi) is 3.90. The van der Waals surface area contributed by atoms with E-state index < -0.39 is 0 Å². The van der Waals surface area contributed by atoms with E-state index in [-0.39, 0.29) is 5.82 Å². The Labute approximate surface area is 91.1 Å². The van der Waals surface area contributed by atoms with Crippen LogP contribution in [0.2, 0.25) is 0 Å². The highest BCUT2D eigenvalue weighted by atomic mass is 79.9. The Morgan fingerprint density at radius 2 is 2.29 bits per heavy atom. The predicted octanol–water partition coefficient (Wildman–Crippen LogP) is 2.94. The van der Waals surface area contributed by atoms with E-state index in [0.29, 0.717) is 18.7 Å². The van der Waals surface area contributed by atoms with Gasteiger partial charge < -0.3 is 4.90 Å². The third kappa shape index (κ3) is 2.71. The molecule has 0 aromatic heterocycles. The quantitative estimate of drug-likeness (QED) is 0.832. The molecule has 1 aromatic carbocycles. The zero-order valence-electron chi connectivity index (χ0n) is 7.80. The van der Waals surface area contributed by atoms with Crippen LogP contribution in [-0.4, -0.2) is 13.6 Å². The predicted molar refractivity (Wildman–Crippen MR) is 57.6 cm³/mol. The summed E-state index contributed by atoms with van der Waals surface area (Å²) >= 11 is 3.27. The maximum atomic E-state index is 13.3. The zero-order valence-corrected chi connectivity index (χ0v) is 9.38. The molecule has 0 N–H and O–H groups in total. The number of hydrogen-bond donors (Lipinski definition) is 0. The molecule has 2 nitrogen and oxygen atoms in total. The van der Waals surface area contributed by atoms with Crippen molar-refractivity contribution in [3.8, 4) is 6.07 Å². The summed E-state index contributed by atoms with van der Waals surface area (Å²) in [7, 11) is 1.77. The van der Waals surface area contributed by atoms with Crippen LogP contribution < -0.4 is 4.90 Å². The summed E-state index contributed by atoms with van der Waals surface area (Å²) in [5.41, 5.74) is 0.509. The average molecular weight is 257 g/mol. The third-order valence-electron chi connectivity index (χ3n) is 1.88. The molecule has 0 saturated heterocycles. The molecule has 4 heteroatoms. The first-order valence-electron chi connectivity index (χ1n) is 4.18. The summed E-state index contributed by atoms with van der Waals surface area (Å²) in [6.07, 6.45) is 0.391. The van der Waals surface area contributed by atoms with Crippen LogP contribution >= 0.6 is 15.9 Å². The zero-order chi connectivity index (χ0) is 10.6. The number of hydrogen-bond acceptors (Lipinski definition) is 2. The van der Waals surface area contributed by atoms with E-state index in [4.69, 9.17) is 5.26 Å². The SMILES string of the molecule is CN(CCC#N)c1cc(Br)ccc1F. The van der Waals surface area contributed by atoms with E-state index in [1.54, 1.807) is 24.1 Å². The van der Waals surface area contributed by atoms with E-state index in [2.05, 4.69) is 15.9 Å². The summed E-state index contributed by atoms with van der Waals surface area (Å²) in [6, 6.07) is 6.78. The lowest BCUT2D eigenvalue weighted by Crippen LogP contribution is -2.19. The number of benzene rings is 1. The van der Waals surface area contributed by atoms with Gasteiger partial charge in [0.2, 0.25) is 0 Å². The normalized spacial score (nSPS) is 9.57. The lowest BCUT2D eigenvalue weighted by Gasteiger charge is -2.18. The molecule has 0 amide bonds. The van der Waals surface area contributed by atoms with Gasteiger partial charge in [-0.25, -0.2) is 4.39 Å². The molecule has 1 rings (SSSR count). The lowest BCUT2D eigenvalue weighted by molar-refractivity contribution is 0.622. The highest BCUT2D eigenvalue weighted by Gasteiger charge is 2.07. The molecule has 0 aliphatic carbocycles. The van der Waals surface area contributed by atoms with Crippen molar-refractivity contribution < 1.29 is 4.39 Å². The van der Waals surface area contributed by atoms with Crippen molar-refractivity contribution in [2.75, 3.05) is 18.5 Å². The summed E-state index contributed by atoms with van der Waals surface area (Å²) in [5, 5.41) is 8.41. The van der Waals surface area contributed by atoms with E-state index in [9.17, 15) is 4.39 Å². The van der Waals surface area contributed by atoms with Crippen LogP contribution in [0.15, 0.2) is 22.7 Å². The van der Waals surface area contributed by atoms with Crippen LogP contribution in [0.3, 0.4) is 0 Å². The fourth-order valence-corrected chi connectivity index (χ4v) is 1.47. The van der Waals surface area contributed by atoms with Gasteiger partial charge in [0.05, 0.1) is 18.2 Å². The standard InChI is InChI=1S/C10H10BrFN2/c1-14(6-2-5-13)10-7-8(11)3-4-9(10)12/h3-4,7H,2,6H2,1H3. The van der Waals surface area contributed by atoms with E-state index in [0.717, 1.165) is 4.47 Å². The third-order valence-corrected chi connectivity index (χ3v) is 2.37. The molecule has 0 bridgehead atoms. The van der Waals surface area contributed by atoms with Crippen molar-refractivity contribution in [1.82, 2.24) is 0 Å². The summed E-state index contributed by atoms with van der Waals surface area (Å²) in [6.45, 7) is 0.532. The Bertz CT molecular complexity index is 360. The van der Waals surface area contributed by atoms with Crippen LogP contribution in [0.25, 0.3) is 0 Å². The molecule has 0 spiro atoms. The first kappa shape index (κ1) is 11.0. The molecule has 0 atom stereocenters. The van der Waals surface area contributed by atoms with Crippen molar-refractivity contribution in [3.63, 3.8) is 0 Å². The molecular weight excluding hydrogens is 247 g/mol. The minimum Gasteiger partial charge on any atom is -0.371 e. The number of anilines is 1. The number of nitriles is 1. The van der Waals surface area contributed by atoms with E-state index in [1.807, 2.05) is 6.07 Å². The van der Waals surface area contributed by atoms with Crippen molar-refractivity contribution in [1.29, 1.82) is 5.26 Å². The van der Waals surface area contributed by atoms with Gasteiger partial charge in [0.1, 0.15) is 5.82 Å². The van der Waals surface area contributed by atoms with Gasteiger partial charge in [-0.2, -0.15) is 5.26 Å². The second kappa shape index (κ2) is 4.97. The maximum Gasteiger partial charge on any atom is 0.146 e. The molecule has 0 heterocycles. The Balaban J connectivity index is 2.83. The molecule has 0 aliphatic rings. The van der Waals surface area contributed by atoms with Gasteiger partial charge in [-0.05, 0) is 18.2 Å². The first-order chi connectivity index (χ1) is 6.65. The highest BCUT2D eigenvalue weighted by Crippen LogP contribution is 2.22. The van der Waals surface area contributed by atoms with E-state index >= 15 is 0 Å². The number of halogens is 2. The van der Waals surface area contributed by atoms with Crippen molar-refractivity contribution in [2.45, 2.75) is 6.42 Å². The molecule has 14 heavy (non-hydrogen) atoms. The second-order valence-corrected chi connectivity index (χ2v) is 3.84. The van der Waals surface area contributed by atoms with Gasteiger partial charge in [0.25, 0.3) is 0 Å². The monoisotopic (exact) mass is 256 g/mol. The molecule has 0 aliphatic heterocycles. The average Bonchev–Trinajstić information content (AvgIpc) is 2.18. The second-order valence-electron chi connectivity index (χ2n) is 2.93. The minimum atomic E-state index is -0.270. The van der Waals surface area contributed by atoms with Crippen molar-refractivity contribution in [3.05, 3.63) is 28.5 Å². The Hall–Kier alpha value is -1.08. The summed E-state index contributed by atoms with van der Waals surface area (Å²) < 4.78 is 14.1. The van der Waals surface area contributed by atoms with Gasteiger partial charge in [-0.3, -0.25) is 0 Å². The smallest absolute Gasteiger partial charge is 0.146 e. The molecule has 0 unspecified atom stereocenters. The van der Waals surface area contributed by atoms with Crippen LogP contribution in [0.1, 0.15) is 6.42 Å². The molecule has 0 saturated carbocycles. The Morgan fingerprint density at radius 1 is 1.57 bits per heavy atom. The largest absolute Gasteiger partial charge is 0.371 e. The van der Waals surface area contributed by atoms with Crippen LogP contribution in [0, 0.1) is 17.1 Å². The van der Waals surface area contributed by atoms with Crippen LogP contribution in [0.4, 0.5) is 10.1 Å². The molecular formula is C10H10BrFN2. The molecule has 0 fully saturated rings. The highest BCUT2D eigenvalue weighted by molar-refractivity contribution is 9.10. The molecule has 74 valence electrons. The molecule has 0 radical (unpaired) electrons. The fourth-order valence-electron chi connectivity index (χ4n) is 1.12. The Morgan fingerprint density at radius 3 is 2.93 bits per heavy atom. The van der Waals surface area contributed by atoms with Crippen LogP contribution in [0.5, 0.6) is 0 Å². The minimum absolute atomic E-state index is 0.270. The maximum absolute atomic E-state index is 13.3. The lowest BCUT2D eigenvalue weighted by atomic mass is 10.2. The first-order valence-corrected chi connectivity index (χ1v) is 4.97. The van der Waals surface area contributed by atoms with Crippen molar-refractivity contribution >= 4 is 21.6 Å². The number of nitrogens with zero attached hydrogens (tertiary/aromatic N) is 2. The van der Waals surface area contributed by atoms with Gasteiger partial charge in [-0.1, -0.05) is 15.9 Å². The van der Waals surface area contributed by atoms with Crippen LogP contribution in [-0.2, 0) is 0 Å². The molecule has 1 aromatic rings. The summed E-state index contributed by atoms with van der Waals surface area (Å²) in [4.78, 5) is 1.73.